The summed E-state index contributed by atoms with van der Waals surface area (Å²) in [5.41, 5.74) is 2.07. The van der Waals surface area contributed by atoms with Crippen molar-refractivity contribution < 1.29 is 23.4 Å². The van der Waals surface area contributed by atoms with E-state index in [4.69, 9.17) is 14.8 Å². The molecule has 0 radical (unpaired) electrons. The first-order valence-corrected chi connectivity index (χ1v) is 11.2. The maximum Gasteiger partial charge on any atom is 0.306 e. The van der Waals surface area contributed by atoms with E-state index in [0.717, 1.165) is 6.42 Å². The van der Waals surface area contributed by atoms with Gasteiger partial charge < -0.3 is 19.3 Å². The topological polar surface area (TPSA) is 97.5 Å². The van der Waals surface area contributed by atoms with Crippen molar-refractivity contribution in [1.29, 1.82) is 0 Å². The van der Waals surface area contributed by atoms with E-state index < -0.39 is 18.3 Å². The van der Waals surface area contributed by atoms with Crippen LogP contribution in [0, 0.1) is 12.8 Å². The maximum atomic E-state index is 13.4. The quantitative estimate of drug-likeness (QED) is 0.604. The van der Waals surface area contributed by atoms with Crippen LogP contribution in [-0.4, -0.2) is 38.3 Å². The SMILES string of the molecule is Cc1cc2c(N3CCCc4ncc(C(F)F)cc43)nc(OC3CC(C(=O)O)C3)cc2n(C)c1=O. The Morgan fingerprint density at radius 2 is 2.03 bits per heavy atom. The third-order valence-electron chi connectivity index (χ3n) is 6.65. The van der Waals surface area contributed by atoms with Gasteiger partial charge in [0.25, 0.3) is 12.0 Å². The minimum atomic E-state index is -2.65. The number of rotatable bonds is 5. The van der Waals surface area contributed by atoms with E-state index in [1.807, 2.05) is 4.90 Å². The van der Waals surface area contributed by atoms with Crippen LogP contribution in [0.2, 0.25) is 0 Å². The highest BCUT2D eigenvalue weighted by Crippen LogP contribution is 2.39. The number of carbonyl (C=O) groups is 1. The van der Waals surface area contributed by atoms with Crippen LogP contribution in [-0.2, 0) is 18.3 Å². The van der Waals surface area contributed by atoms with Gasteiger partial charge in [-0.2, -0.15) is 4.98 Å². The molecule has 0 aromatic carbocycles. The zero-order chi connectivity index (χ0) is 24.1. The molecule has 1 saturated carbocycles. The van der Waals surface area contributed by atoms with E-state index in [1.54, 1.807) is 26.1 Å². The van der Waals surface area contributed by atoms with Crippen molar-refractivity contribution in [3.05, 3.63) is 51.6 Å². The number of ether oxygens (including phenoxy) is 1. The van der Waals surface area contributed by atoms with Crippen molar-refractivity contribution in [3.8, 4) is 5.88 Å². The Bertz CT molecular complexity index is 1350. The second-order valence-corrected chi connectivity index (χ2v) is 8.95. The maximum absolute atomic E-state index is 13.4. The number of pyridine rings is 3. The first-order chi connectivity index (χ1) is 16.2. The first-order valence-electron chi connectivity index (χ1n) is 11.2. The highest BCUT2D eigenvalue weighted by atomic mass is 19.3. The summed E-state index contributed by atoms with van der Waals surface area (Å²) in [5.74, 6) is -0.531. The largest absolute Gasteiger partial charge is 0.481 e. The highest BCUT2D eigenvalue weighted by Gasteiger charge is 2.36. The van der Waals surface area contributed by atoms with E-state index in [9.17, 15) is 18.4 Å². The third kappa shape index (κ3) is 3.76. The molecule has 0 saturated heterocycles. The lowest BCUT2D eigenvalue weighted by atomic mass is 9.82. The molecular weight excluding hydrogens is 446 g/mol. The lowest BCUT2D eigenvalue weighted by Gasteiger charge is -2.34. The molecule has 0 atom stereocenters. The molecule has 1 N–H and O–H groups in total. The highest BCUT2D eigenvalue weighted by molar-refractivity contribution is 5.93. The van der Waals surface area contributed by atoms with E-state index >= 15 is 0 Å². The van der Waals surface area contributed by atoms with Crippen LogP contribution in [0.5, 0.6) is 5.88 Å². The number of aromatic nitrogens is 3. The standard InChI is InChI=1S/C24H24F2N4O4/c1-12-6-16-18(29(2)23(12)31)10-20(34-15-7-13(8-15)24(32)33)28-22(16)30-5-3-4-17-19(30)9-14(11-27-17)21(25)26/h6,9-11,13,15,21H,3-5,7-8H2,1-2H3,(H,32,33). The van der Waals surface area contributed by atoms with Gasteiger partial charge in [-0.25, -0.2) is 8.78 Å². The van der Waals surface area contributed by atoms with E-state index in [0.29, 0.717) is 59.5 Å². The van der Waals surface area contributed by atoms with E-state index in [2.05, 4.69) is 4.98 Å². The van der Waals surface area contributed by atoms with Crippen molar-refractivity contribution in [1.82, 2.24) is 14.5 Å². The van der Waals surface area contributed by atoms with Crippen molar-refractivity contribution >= 4 is 28.4 Å². The molecule has 8 nitrogen and oxygen atoms in total. The summed E-state index contributed by atoms with van der Waals surface area (Å²) >= 11 is 0. The Balaban J connectivity index is 1.64. The fraction of sp³-hybridized carbons (Fsp3) is 0.417. The second-order valence-electron chi connectivity index (χ2n) is 8.95. The molecule has 1 aliphatic carbocycles. The molecule has 5 rings (SSSR count). The van der Waals surface area contributed by atoms with Gasteiger partial charge in [-0.1, -0.05) is 0 Å². The number of carboxylic acids is 1. The number of fused-ring (bicyclic) bond motifs is 2. The Kier molecular flexibility index (Phi) is 5.45. The monoisotopic (exact) mass is 470 g/mol. The van der Waals surface area contributed by atoms with Crippen molar-refractivity contribution in [3.63, 3.8) is 0 Å². The average molecular weight is 470 g/mol. The summed E-state index contributed by atoms with van der Waals surface area (Å²) in [4.78, 5) is 34.6. The number of halogens is 2. The number of aryl methyl sites for hydroxylation is 3. The van der Waals surface area contributed by atoms with Gasteiger partial charge in [-0.15, -0.1) is 0 Å². The summed E-state index contributed by atoms with van der Waals surface area (Å²) < 4.78 is 34.4. The van der Waals surface area contributed by atoms with Gasteiger partial charge in [0.2, 0.25) is 5.88 Å². The molecule has 0 unspecified atom stereocenters. The molecule has 34 heavy (non-hydrogen) atoms. The predicted molar refractivity (Wildman–Crippen MR) is 121 cm³/mol. The molecule has 0 bridgehead atoms. The molecular formula is C24H24F2N4O4. The first kappa shape index (κ1) is 22.2. The number of aliphatic carboxylic acids is 1. The normalized spacial score (nSPS) is 19.7. The molecule has 3 aromatic heterocycles. The molecule has 0 spiro atoms. The van der Waals surface area contributed by atoms with Crippen LogP contribution in [0.25, 0.3) is 10.9 Å². The minimum Gasteiger partial charge on any atom is -0.481 e. The zero-order valence-corrected chi connectivity index (χ0v) is 18.8. The predicted octanol–water partition coefficient (Wildman–Crippen LogP) is 3.90. The van der Waals surface area contributed by atoms with Crippen molar-refractivity contribution in [2.45, 2.75) is 45.1 Å². The summed E-state index contributed by atoms with van der Waals surface area (Å²) in [6.07, 6.45) is 0.459. The van der Waals surface area contributed by atoms with Crippen molar-refractivity contribution in [2.75, 3.05) is 11.4 Å². The number of hydrogen-bond donors (Lipinski definition) is 1. The Labute approximate surface area is 193 Å². The van der Waals surface area contributed by atoms with E-state index in [-0.39, 0.29) is 23.1 Å². The minimum absolute atomic E-state index is 0.161. The van der Waals surface area contributed by atoms with Gasteiger partial charge >= 0.3 is 5.97 Å². The van der Waals surface area contributed by atoms with Crippen LogP contribution in [0.4, 0.5) is 20.3 Å². The number of anilines is 2. The second kappa shape index (κ2) is 8.34. The van der Waals surface area contributed by atoms with Crippen LogP contribution in [0.3, 0.4) is 0 Å². The molecule has 178 valence electrons. The fourth-order valence-corrected chi connectivity index (χ4v) is 4.66. The number of carboxylic acid groups (broad SMARTS) is 1. The molecule has 0 amide bonds. The molecule has 1 fully saturated rings. The smallest absolute Gasteiger partial charge is 0.306 e. The molecule has 4 heterocycles. The summed E-state index contributed by atoms with van der Waals surface area (Å²) in [5, 5.41) is 9.84. The summed E-state index contributed by atoms with van der Waals surface area (Å²) in [6.45, 7) is 2.26. The van der Waals surface area contributed by atoms with Gasteiger partial charge in [0.15, 0.2) is 0 Å². The number of hydrogen-bond acceptors (Lipinski definition) is 6. The zero-order valence-electron chi connectivity index (χ0n) is 18.8. The lowest BCUT2D eigenvalue weighted by Crippen LogP contribution is -2.38. The Morgan fingerprint density at radius 1 is 1.26 bits per heavy atom. The van der Waals surface area contributed by atoms with Gasteiger partial charge in [0.1, 0.15) is 11.9 Å². The van der Waals surface area contributed by atoms with Gasteiger partial charge in [-0.3, -0.25) is 14.6 Å². The van der Waals surface area contributed by atoms with Crippen LogP contribution in [0.1, 0.15) is 42.5 Å². The lowest BCUT2D eigenvalue weighted by molar-refractivity contribution is -0.148. The number of nitrogens with zero attached hydrogens (tertiary/aromatic N) is 4. The van der Waals surface area contributed by atoms with Crippen molar-refractivity contribution in [2.24, 2.45) is 13.0 Å². The summed E-state index contributed by atoms with van der Waals surface area (Å²) in [6, 6.07) is 4.88. The average Bonchev–Trinajstić information content (AvgIpc) is 2.78. The molecule has 2 aliphatic rings. The van der Waals surface area contributed by atoms with Crippen LogP contribution in [0.15, 0.2) is 29.2 Å². The van der Waals surface area contributed by atoms with Gasteiger partial charge in [-0.05, 0) is 44.7 Å². The third-order valence-corrected chi connectivity index (χ3v) is 6.65. The Hall–Kier alpha value is -3.56. The number of alkyl halides is 2. The van der Waals surface area contributed by atoms with Gasteiger partial charge in [0, 0.05) is 42.4 Å². The van der Waals surface area contributed by atoms with Gasteiger partial charge in [0.05, 0.1) is 22.8 Å². The summed E-state index contributed by atoms with van der Waals surface area (Å²) in [7, 11) is 1.66. The Morgan fingerprint density at radius 3 is 2.74 bits per heavy atom. The van der Waals surface area contributed by atoms with Crippen LogP contribution >= 0.6 is 0 Å². The van der Waals surface area contributed by atoms with E-state index in [1.165, 1.54) is 16.8 Å². The van der Waals surface area contributed by atoms with Crippen LogP contribution < -0.4 is 15.2 Å². The fourth-order valence-electron chi connectivity index (χ4n) is 4.66. The molecule has 10 heteroatoms. The molecule has 1 aliphatic heterocycles. The molecule has 3 aromatic rings.